The summed E-state index contributed by atoms with van der Waals surface area (Å²) in [5.41, 5.74) is -0.657. The maximum absolute atomic E-state index is 13.2. The highest BCUT2D eigenvalue weighted by Crippen LogP contribution is 2.27. The second-order valence-corrected chi connectivity index (χ2v) is 3.83. The summed E-state index contributed by atoms with van der Waals surface area (Å²) in [6, 6.07) is 1.59. The van der Waals surface area contributed by atoms with Crippen molar-refractivity contribution in [3.8, 4) is 5.75 Å². The van der Waals surface area contributed by atoms with E-state index in [1.54, 1.807) is 7.85 Å². The number of rotatable bonds is 2. The van der Waals surface area contributed by atoms with Crippen molar-refractivity contribution in [1.29, 1.82) is 0 Å². The first-order valence-corrected chi connectivity index (χ1v) is 4.55. The Balaban J connectivity index is 2.30. The molecular weight excluding hydrogens is 206 g/mol. The largest absolute Gasteiger partial charge is 0.488 e. The number of hydrogen-bond acceptors (Lipinski definition) is 2. The fraction of sp³-hybridized carbons (Fsp3) is 0.333. The third-order valence-corrected chi connectivity index (χ3v) is 2.35. The number of nitrogens with one attached hydrogen (secondary N) is 1. The average molecular weight is 215 g/mol. The van der Waals surface area contributed by atoms with E-state index < -0.39 is 28.7 Å². The standard InChI is InChI=1S/C9H9BF3NO/c10-9(3-14-4-9)15-8-6(12)2-1-5(11)7(8)13/h1-2,14H,3-4,10H2. The number of ether oxygens (including phenoxy) is 1. The predicted octanol–water partition coefficient (Wildman–Crippen LogP) is 0.415. The van der Waals surface area contributed by atoms with Gasteiger partial charge in [0, 0.05) is 13.1 Å². The van der Waals surface area contributed by atoms with E-state index in [1.165, 1.54) is 0 Å². The van der Waals surface area contributed by atoms with Crippen molar-refractivity contribution in [2.75, 3.05) is 13.1 Å². The summed E-state index contributed by atoms with van der Waals surface area (Å²) >= 11 is 0. The van der Waals surface area contributed by atoms with E-state index in [1.807, 2.05) is 0 Å². The summed E-state index contributed by atoms with van der Waals surface area (Å²) in [5.74, 6) is -3.91. The molecule has 6 heteroatoms. The topological polar surface area (TPSA) is 21.3 Å². The molecule has 1 fully saturated rings. The SMILES string of the molecule is BC1(Oc2c(F)ccc(F)c2F)CNC1. The minimum Gasteiger partial charge on any atom is -0.488 e. The smallest absolute Gasteiger partial charge is 0.203 e. The molecular formula is C9H9BF3NO. The predicted molar refractivity (Wildman–Crippen MR) is 51.1 cm³/mol. The normalized spacial score (nSPS) is 18.3. The van der Waals surface area contributed by atoms with Gasteiger partial charge in [0.25, 0.3) is 0 Å². The van der Waals surface area contributed by atoms with Crippen molar-refractivity contribution in [1.82, 2.24) is 5.32 Å². The first-order valence-electron chi connectivity index (χ1n) is 4.55. The lowest BCUT2D eigenvalue weighted by Crippen LogP contribution is -2.63. The first kappa shape index (κ1) is 10.4. The van der Waals surface area contributed by atoms with E-state index in [0.717, 1.165) is 12.1 Å². The minimum atomic E-state index is -1.27. The van der Waals surface area contributed by atoms with Crippen molar-refractivity contribution < 1.29 is 17.9 Å². The number of halogens is 3. The van der Waals surface area contributed by atoms with Crippen molar-refractivity contribution in [3.63, 3.8) is 0 Å². The Kier molecular flexibility index (Phi) is 2.38. The Hall–Kier alpha value is -1.17. The van der Waals surface area contributed by atoms with Crippen LogP contribution in [0.15, 0.2) is 12.1 Å². The summed E-state index contributed by atoms with van der Waals surface area (Å²) < 4.78 is 44.3. The molecule has 0 amide bonds. The Morgan fingerprint density at radius 3 is 2.33 bits per heavy atom. The molecule has 2 nitrogen and oxygen atoms in total. The van der Waals surface area contributed by atoms with Crippen LogP contribution in [-0.2, 0) is 0 Å². The highest BCUT2D eigenvalue weighted by atomic mass is 19.2. The van der Waals surface area contributed by atoms with Gasteiger partial charge in [-0.25, -0.2) is 8.78 Å². The maximum Gasteiger partial charge on any atom is 0.203 e. The van der Waals surface area contributed by atoms with E-state index in [4.69, 9.17) is 4.74 Å². The molecule has 1 aliphatic heterocycles. The van der Waals surface area contributed by atoms with Gasteiger partial charge in [-0.2, -0.15) is 4.39 Å². The molecule has 0 saturated carbocycles. The Bertz CT molecular complexity index is 395. The van der Waals surface area contributed by atoms with Gasteiger partial charge in [-0.1, -0.05) is 0 Å². The second kappa shape index (κ2) is 3.45. The number of hydrogen-bond donors (Lipinski definition) is 1. The van der Waals surface area contributed by atoms with E-state index in [9.17, 15) is 13.2 Å². The van der Waals surface area contributed by atoms with Crippen molar-refractivity contribution in [3.05, 3.63) is 29.6 Å². The molecule has 0 spiro atoms. The van der Waals surface area contributed by atoms with Gasteiger partial charge >= 0.3 is 0 Å². The van der Waals surface area contributed by atoms with Crippen LogP contribution in [0.1, 0.15) is 0 Å². The van der Waals surface area contributed by atoms with Gasteiger partial charge in [0.2, 0.25) is 5.82 Å². The highest BCUT2D eigenvalue weighted by Gasteiger charge is 2.35. The molecule has 15 heavy (non-hydrogen) atoms. The molecule has 1 saturated heterocycles. The van der Waals surface area contributed by atoms with Gasteiger partial charge in [0.1, 0.15) is 0 Å². The fourth-order valence-corrected chi connectivity index (χ4v) is 1.40. The highest BCUT2D eigenvalue weighted by molar-refractivity contribution is 6.15. The van der Waals surface area contributed by atoms with Gasteiger partial charge in [-0.3, -0.25) is 0 Å². The molecule has 0 aliphatic carbocycles. The van der Waals surface area contributed by atoms with Gasteiger partial charge in [0.05, 0.1) is 5.50 Å². The van der Waals surface area contributed by atoms with Crippen LogP contribution in [0.3, 0.4) is 0 Å². The van der Waals surface area contributed by atoms with Crippen LogP contribution in [0, 0.1) is 17.5 Å². The molecule has 0 aromatic heterocycles. The summed E-state index contributed by atoms with van der Waals surface area (Å²) in [4.78, 5) is 0. The molecule has 1 N–H and O–H groups in total. The summed E-state index contributed by atoms with van der Waals surface area (Å²) in [6.07, 6.45) is 0. The maximum atomic E-state index is 13.2. The zero-order chi connectivity index (χ0) is 11.1. The van der Waals surface area contributed by atoms with Crippen LogP contribution >= 0.6 is 0 Å². The molecule has 1 aromatic carbocycles. The molecule has 0 unspecified atom stereocenters. The third kappa shape index (κ3) is 1.81. The van der Waals surface area contributed by atoms with E-state index in [-0.39, 0.29) is 0 Å². The lowest BCUT2D eigenvalue weighted by Gasteiger charge is -2.39. The third-order valence-electron chi connectivity index (χ3n) is 2.35. The zero-order valence-corrected chi connectivity index (χ0v) is 8.11. The van der Waals surface area contributed by atoms with Crippen molar-refractivity contribution in [2.24, 2.45) is 0 Å². The van der Waals surface area contributed by atoms with E-state index in [0.29, 0.717) is 13.1 Å². The summed E-state index contributed by atoms with van der Waals surface area (Å²) in [6.45, 7) is 0.977. The van der Waals surface area contributed by atoms with Crippen LogP contribution in [0.25, 0.3) is 0 Å². The molecule has 0 bridgehead atoms. The van der Waals surface area contributed by atoms with E-state index in [2.05, 4.69) is 5.32 Å². The monoisotopic (exact) mass is 215 g/mol. The Morgan fingerprint density at radius 1 is 1.20 bits per heavy atom. The van der Waals surface area contributed by atoms with Gasteiger partial charge in [-0.05, 0) is 12.1 Å². The molecule has 1 aliphatic rings. The van der Waals surface area contributed by atoms with Crippen molar-refractivity contribution >= 4 is 7.85 Å². The lowest BCUT2D eigenvalue weighted by molar-refractivity contribution is 0.0867. The molecule has 0 atom stereocenters. The molecule has 1 heterocycles. The van der Waals surface area contributed by atoms with Gasteiger partial charge in [-0.15, -0.1) is 0 Å². The van der Waals surface area contributed by atoms with Crippen molar-refractivity contribution in [2.45, 2.75) is 5.50 Å². The minimum absolute atomic E-state index is 0.488. The van der Waals surface area contributed by atoms with Crippen LogP contribution in [-0.4, -0.2) is 26.4 Å². The van der Waals surface area contributed by atoms with Gasteiger partial charge in [0.15, 0.2) is 25.2 Å². The molecule has 80 valence electrons. The first-order chi connectivity index (χ1) is 7.02. The Labute approximate surface area is 85.8 Å². The summed E-state index contributed by atoms with van der Waals surface area (Å²) in [7, 11) is 1.70. The van der Waals surface area contributed by atoms with Crippen LogP contribution in [0.2, 0.25) is 0 Å². The molecule has 0 radical (unpaired) electrons. The lowest BCUT2D eigenvalue weighted by atomic mass is 9.76. The average Bonchev–Trinajstić information content (AvgIpc) is 2.16. The second-order valence-electron chi connectivity index (χ2n) is 3.83. The fourth-order valence-electron chi connectivity index (χ4n) is 1.40. The van der Waals surface area contributed by atoms with Crippen LogP contribution < -0.4 is 10.1 Å². The molecule has 1 aromatic rings. The van der Waals surface area contributed by atoms with Crippen LogP contribution in [0.5, 0.6) is 5.75 Å². The molecule has 2 rings (SSSR count). The Morgan fingerprint density at radius 2 is 1.80 bits per heavy atom. The summed E-state index contributed by atoms with van der Waals surface area (Å²) in [5, 5.41) is 2.91. The van der Waals surface area contributed by atoms with E-state index >= 15 is 0 Å². The number of benzene rings is 1. The van der Waals surface area contributed by atoms with Gasteiger partial charge < -0.3 is 10.1 Å². The zero-order valence-electron chi connectivity index (χ0n) is 8.11. The quantitative estimate of drug-likeness (QED) is 0.570. The van der Waals surface area contributed by atoms with Crippen LogP contribution in [0.4, 0.5) is 13.2 Å².